The first-order valence-electron chi connectivity index (χ1n) is 6.53. The van der Waals surface area contributed by atoms with Crippen molar-refractivity contribution in [2.45, 2.75) is 0 Å². The van der Waals surface area contributed by atoms with Crippen LogP contribution in [-0.4, -0.2) is 42.4 Å². The summed E-state index contributed by atoms with van der Waals surface area (Å²) in [5.41, 5.74) is 0.972. The topological polar surface area (TPSA) is 74.4 Å². The number of carbonyl (C=O) groups excluding carboxylic acids is 2. The number of likely N-dealkylation sites (N-methyl/N-ethyl adjacent to an activating group) is 1. The van der Waals surface area contributed by atoms with Crippen molar-refractivity contribution in [1.82, 2.24) is 9.88 Å². The first-order valence-corrected chi connectivity index (χ1v) is 6.90. The minimum absolute atomic E-state index is 0.0680. The molecule has 2 aromatic rings. The number of anilines is 1. The molecule has 0 aliphatic heterocycles. The van der Waals surface area contributed by atoms with Gasteiger partial charge >= 0.3 is 0 Å². The van der Waals surface area contributed by atoms with Gasteiger partial charge in [-0.3, -0.25) is 9.59 Å². The number of rotatable bonds is 5. The zero-order valence-corrected chi connectivity index (χ0v) is 13.0. The van der Waals surface area contributed by atoms with Gasteiger partial charge in [-0.1, -0.05) is 11.6 Å². The van der Waals surface area contributed by atoms with Crippen LogP contribution in [0, 0.1) is 0 Å². The van der Waals surface area contributed by atoms with E-state index in [1.807, 2.05) is 0 Å². The molecule has 0 spiro atoms. The van der Waals surface area contributed by atoms with Gasteiger partial charge in [-0.15, -0.1) is 0 Å². The van der Waals surface area contributed by atoms with Gasteiger partial charge in [0.1, 0.15) is 11.4 Å². The van der Waals surface area contributed by atoms with Gasteiger partial charge in [-0.05, 0) is 30.3 Å². The van der Waals surface area contributed by atoms with Crippen molar-refractivity contribution in [3.05, 3.63) is 47.2 Å². The van der Waals surface area contributed by atoms with Crippen LogP contribution in [0.4, 0.5) is 5.69 Å². The molecule has 2 amide bonds. The summed E-state index contributed by atoms with van der Waals surface area (Å²) in [6.45, 7) is -0.0680. The molecule has 0 bridgehead atoms. The first-order chi connectivity index (χ1) is 10.5. The first kappa shape index (κ1) is 15.9. The Kier molecular flexibility index (Phi) is 5.06. The van der Waals surface area contributed by atoms with E-state index in [-0.39, 0.29) is 18.4 Å². The largest absolute Gasteiger partial charge is 0.497 e. The highest BCUT2D eigenvalue weighted by atomic mass is 35.5. The molecule has 1 aromatic heterocycles. The van der Waals surface area contributed by atoms with Crippen LogP contribution in [-0.2, 0) is 4.79 Å². The molecule has 22 heavy (non-hydrogen) atoms. The van der Waals surface area contributed by atoms with Gasteiger partial charge < -0.3 is 19.9 Å². The van der Waals surface area contributed by atoms with Crippen LogP contribution >= 0.6 is 11.6 Å². The molecule has 1 heterocycles. The number of nitrogens with zero attached hydrogens (tertiary/aromatic N) is 1. The normalized spacial score (nSPS) is 10.1. The lowest BCUT2D eigenvalue weighted by Gasteiger charge is -2.16. The van der Waals surface area contributed by atoms with Crippen molar-refractivity contribution in [2.75, 3.05) is 26.0 Å². The van der Waals surface area contributed by atoms with Crippen molar-refractivity contribution in [3.8, 4) is 5.75 Å². The zero-order chi connectivity index (χ0) is 16.1. The quantitative estimate of drug-likeness (QED) is 0.888. The second-order valence-electron chi connectivity index (χ2n) is 4.67. The molecule has 0 saturated carbocycles. The van der Waals surface area contributed by atoms with E-state index in [0.717, 1.165) is 0 Å². The number of aromatic nitrogens is 1. The van der Waals surface area contributed by atoms with Gasteiger partial charge in [0.15, 0.2) is 0 Å². The van der Waals surface area contributed by atoms with Crippen LogP contribution in [0.15, 0.2) is 36.5 Å². The number of halogens is 1. The molecular formula is C15H16ClN3O3. The monoisotopic (exact) mass is 321 g/mol. The highest BCUT2D eigenvalue weighted by molar-refractivity contribution is 6.31. The fourth-order valence-corrected chi connectivity index (χ4v) is 2.02. The fourth-order valence-electron chi connectivity index (χ4n) is 1.86. The number of benzene rings is 1. The number of carbonyl (C=O) groups is 2. The van der Waals surface area contributed by atoms with Crippen LogP contribution in [0.3, 0.4) is 0 Å². The molecule has 0 radical (unpaired) electrons. The van der Waals surface area contributed by atoms with E-state index in [0.29, 0.717) is 22.2 Å². The SMILES string of the molecule is COc1ccc(NC(=O)CN(C)C(=O)c2cc(Cl)c[nH]2)cc1. The third-order valence-electron chi connectivity index (χ3n) is 2.98. The van der Waals surface area contributed by atoms with Crippen LogP contribution < -0.4 is 10.1 Å². The molecule has 2 N–H and O–H groups in total. The number of H-pyrrole nitrogens is 1. The van der Waals surface area contributed by atoms with Crippen LogP contribution in [0.2, 0.25) is 5.02 Å². The summed E-state index contributed by atoms with van der Waals surface area (Å²) >= 11 is 5.76. The zero-order valence-electron chi connectivity index (χ0n) is 12.2. The summed E-state index contributed by atoms with van der Waals surface area (Å²) in [4.78, 5) is 28.1. The lowest BCUT2D eigenvalue weighted by atomic mass is 10.3. The summed E-state index contributed by atoms with van der Waals surface area (Å²) in [7, 11) is 3.12. The lowest BCUT2D eigenvalue weighted by molar-refractivity contribution is -0.116. The predicted molar refractivity (Wildman–Crippen MR) is 84.4 cm³/mol. The van der Waals surface area contributed by atoms with Crippen molar-refractivity contribution in [2.24, 2.45) is 0 Å². The Labute approximate surface area is 133 Å². The molecule has 2 rings (SSSR count). The maximum atomic E-state index is 12.1. The second kappa shape index (κ2) is 7.00. The molecule has 0 aliphatic rings. The Hall–Kier alpha value is -2.47. The standard InChI is InChI=1S/C15H16ClN3O3/c1-19(15(21)13-7-10(16)8-17-13)9-14(20)18-11-3-5-12(22-2)6-4-11/h3-8,17H,9H2,1-2H3,(H,18,20). The molecule has 0 unspecified atom stereocenters. The Balaban J connectivity index is 1.91. The number of hydrogen-bond donors (Lipinski definition) is 2. The van der Waals surface area contributed by atoms with Crippen LogP contribution in [0.25, 0.3) is 0 Å². The van der Waals surface area contributed by atoms with E-state index in [1.54, 1.807) is 38.4 Å². The van der Waals surface area contributed by atoms with E-state index >= 15 is 0 Å². The van der Waals surface area contributed by atoms with Crippen LogP contribution in [0.1, 0.15) is 10.5 Å². The molecule has 116 valence electrons. The molecule has 7 heteroatoms. The van der Waals surface area contributed by atoms with Crippen molar-refractivity contribution in [1.29, 1.82) is 0 Å². The third kappa shape index (κ3) is 4.02. The number of hydrogen-bond acceptors (Lipinski definition) is 3. The van der Waals surface area contributed by atoms with Gasteiger partial charge in [0, 0.05) is 18.9 Å². The van der Waals surface area contributed by atoms with Gasteiger partial charge in [-0.2, -0.15) is 0 Å². The van der Waals surface area contributed by atoms with Crippen LogP contribution in [0.5, 0.6) is 5.75 Å². The second-order valence-corrected chi connectivity index (χ2v) is 5.11. The molecule has 1 aromatic carbocycles. The number of amides is 2. The van der Waals surface area contributed by atoms with E-state index in [1.165, 1.54) is 17.2 Å². The molecule has 0 aliphatic carbocycles. The smallest absolute Gasteiger partial charge is 0.270 e. The van der Waals surface area contributed by atoms with Gasteiger partial charge in [0.05, 0.1) is 18.7 Å². The summed E-state index contributed by atoms with van der Waals surface area (Å²) in [5, 5.41) is 3.15. The summed E-state index contributed by atoms with van der Waals surface area (Å²) in [5.74, 6) is 0.101. The molecule has 0 fully saturated rings. The summed E-state index contributed by atoms with van der Waals surface area (Å²) in [6.07, 6.45) is 1.51. The van der Waals surface area contributed by atoms with E-state index in [4.69, 9.17) is 16.3 Å². The lowest BCUT2D eigenvalue weighted by Crippen LogP contribution is -2.35. The molecule has 6 nitrogen and oxygen atoms in total. The Bertz CT molecular complexity index is 667. The highest BCUT2D eigenvalue weighted by Gasteiger charge is 2.16. The predicted octanol–water partition coefficient (Wildman–Crippen LogP) is 2.39. The fraction of sp³-hybridized carbons (Fsp3) is 0.200. The maximum Gasteiger partial charge on any atom is 0.270 e. The van der Waals surface area contributed by atoms with Gasteiger partial charge in [-0.25, -0.2) is 0 Å². The number of methoxy groups -OCH3 is 1. The van der Waals surface area contributed by atoms with Crippen molar-refractivity contribution < 1.29 is 14.3 Å². The Morgan fingerprint density at radius 2 is 2.00 bits per heavy atom. The van der Waals surface area contributed by atoms with Gasteiger partial charge in [0.2, 0.25) is 5.91 Å². The number of nitrogens with one attached hydrogen (secondary N) is 2. The minimum atomic E-state index is -0.309. The Morgan fingerprint density at radius 1 is 1.32 bits per heavy atom. The van der Waals surface area contributed by atoms with Crippen molar-refractivity contribution >= 4 is 29.1 Å². The van der Waals surface area contributed by atoms with Gasteiger partial charge in [0.25, 0.3) is 5.91 Å². The van der Waals surface area contributed by atoms with E-state index in [2.05, 4.69) is 10.3 Å². The molecule has 0 atom stereocenters. The Morgan fingerprint density at radius 3 is 2.55 bits per heavy atom. The summed E-state index contributed by atoms with van der Waals surface area (Å²) in [6, 6.07) is 8.45. The van der Waals surface area contributed by atoms with Crippen molar-refractivity contribution in [3.63, 3.8) is 0 Å². The number of aromatic amines is 1. The molecular weight excluding hydrogens is 306 g/mol. The average molecular weight is 322 g/mol. The maximum absolute atomic E-state index is 12.1. The molecule has 0 saturated heterocycles. The summed E-state index contributed by atoms with van der Waals surface area (Å²) < 4.78 is 5.04. The van der Waals surface area contributed by atoms with E-state index < -0.39 is 0 Å². The minimum Gasteiger partial charge on any atom is -0.497 e. The average Bonchev–Trinajstić information content (AvgIpc) is 2.93. The number of ether oxygens (including phenoxy) is 1. The third-order valence-corrected chi connectivity index (χ3v) is 3.20. The van der Waals surface area contributed by atoms with E-state index in [9.17, 15) is 9.59 Å². The highest BCUT2D eigenvalue weighted by Crippen LogP contribution is 2.15.